The van der Waals surface area contributed by atoms with E-state index < -0.39 is 0 Å². The largest absolute Gasteiger partial charge is 0.457 e. The van der Waals surface area contributed by atoms with Crippen LogP contribution in [0.1, 0.15) is 31.7 Å². The summed E-state index contributed by atoms with van der Waals surface area (Å²) < 4.78 is 6.09. The van der Waals surface area contributed by atoms with Gasteiger partial charge in [0.25, 0.3) is 0 Å². The van der Waals surface area contributed by atoms with E-state index in [9.17, 15) is 4.79 Å². The normalized spacial score (nSPS) is 23.9. The lowest BCUT2D eigenvalue weighted by atomic mass is 10.1. The predicted octanol–water partition coefficient (Wildman–Crippen LogP) is 4.33. The van der Waals surface area contributed by atoms with Crippen LogP contribution in [-0.4, -0.2) is 53.3 Å². The molecule has 158 valence electrons. The van der Waals surface area contributed by atoms with Crippen LogP contribution in [0.3, 0.4) is 0 Å². The molecule has 3 atom stereocenters. The van der Waals surface area contributed by atoms with E-state index in [0.29, 0.717) is 6.04 Å². The summed E-state index contributed by atoms with van der Waals surface area (Å²) in [5, 5.41) is 3.80. The molecule has 0 radical (unpaired) electrons. The average Bonchev–Trinajstić information content (AvgIpc) is 3.34. The molecule has 1 fully saturated rings. The Morgan fingerprint density at radius 3 is 2.73 bits per heavy atom. The molecule has 1 amide bonds. The summed E-state index contributed by atoms with van der Waals surface area (Å²) in [6.07, 6.45) is 3.49. The van der Waals surface area contributed by atoms with Crippen LogP contribution < -0.4 is 10.1 Å². The molecule has 1 N–H and O–H groups in total. The first-order valence-electron chi connectivity index (χ1n) is 10.7. The van der Waals surface area contributed by atoms with Gasteiger partial charge in [-0.15, -0.1) is 0 Å². The number of rotatable bonds is 7. The molecular formula is C24H29N3O2S. The van der Waals surface area contributed by atoms with Crippen molar-refractivity contribution in [3.63, 3.8) is 0 Å². The zero-order valence-corrected chi connectivity index (χ0v) is 18.4. The quantitative estimate of drug-likeness (QED) is 0.720. The fraction of sp³-hybridized carbons (Fsp3) is 0.417. The molecule has 1 saturated heterocycles. The minimum atomic E-state index is -0.203. The number of thioether (sulfide) groups is 1. The highest BCUT2D eigenvalue weighted by molar-refractivity contribution is 8.15. The number of carbonyl (C=O) groups is 1. The molecule has 0 saturated carbocycles. The van der Waals surface area contributed by atoms with Crippen molar-refractivity contribution < 1.29 is 9.53 Å². The van der Waals surface area contributed by atoms with Gasteiger partial charge in [-0.1, -0.05) is 42.1 Å². The van der Waals surface area contributed by atoms with Crippen LogP contribution in [0.5, 0.6) is 11.5 Å². The smallest absolute Gasteiger partial charge is 0.235 e. The van der Waals surface area contributed by atoms with E-state index in [1.807, 2.05) is 61.5 Å². The number of likely N-dealkylation sites (tertiary alicyclic amines) is 1. The second-order valence-corrected chi connectivity index (χ2v) is 9.11. The van der Waals surface area contributed by atoms with Crippen molar-refractivity contribution in [2.45, 2.75) is 43.5 Å². The van der Waals surface area contributed by atoms with E-state index in [1.165, 1.54) is 24.6 Å². The summed E-state index contributed by atoms with van der Waals surface area (Å²) in [5.74, 6) is 1.62. The Labute approximate surface area is 182 Å². The average molecular weight is 424 g/mol. The minimum absolute atomic E-state index is 0.0658. The lowest BCUT2D eigenvalue weighted by molar-refractivity contribution is -0.120. The van der Waals surface area contributed by atoms with Gasteiger partial charge in [-0.3, -0.25) is 9.79 Å². The zero-order chi connectivity index (χ0) is 20.9. The van der Waals surface area contributed by atoms with Crippen LogP contribution in [-0.2, 0) is 4.79 Å². The van der Waals surface area contributed by atoms with Gasteiger partial charge in [0.05, 0.1) is 6.04 Å². The highest BCUT2D eigenvalue weighted by Crippen LogP contribution is 2.35. The van der Waals surface area contributed by atoms with Crippen molar-refractivity contribution >= 4 is 22.7 Å². The number of aliphatic imine (C=N–C) groups is 1. The van der Waals surface area contributed by atoms with Gasteiger partial charge < -0.3 is 15.0 Å². The Morgan fingerprint density at radius 1 is 1.20 bits per heavy atom. The van der Waals surface area contributed by atoms with Gasteiger partial charge in [0.1, 0.15) is 21.8 Å². The van der Waals surface area contributed by atoms with Crippen molar-refractivity contribution in [1.82, 2.24) is 10.2 Å². The second-order valence-electron chi connectivity index (χ2n) is 7.98. The summed E-state index contributed by atoms with van der Waals surface area (Å²) >= 11 is 1.54. The van der Waals surface area contributed by atoms with Crippen molar-refractivity contribution in [3.05, 3.63) is 60.2 Å². The Morgan fingerprint density at radius 2 is 1.97 bits per heavy atom. The number of amides is 1. The maximum atomic E-state index is 12.8. The first kappa shape index (κ1) is 20.9. The van der Waals surface area contributed by atoms with Crippen LogP contribution >= 0.6 is 11.8 Å². The Bertz CT molecular complexity index is 902. The molecule has 2 heterocycles. The van der Waals surface area contributed by atoms with Crippen LogP contribution in [0.2, 0.25) is 0 Å². The maximum Gasteiger partial charge on any atom is 0.235 e. The third-order valence-electron chi connectivity index (χ3n) is 5.79. The lowest BCUT2D eigenvalue weighted by Crippen LogP contribution is -2.39. The van der Waals surface area contributed by atoms with Crippen LogP contribution in [0.25, 0.3) is 0 Å². The van der Waals surface area contributed by atoms with E-state index in [4.69, 9.17) is 9.73 Å². The molecule has 2 aromatic rings. The van der Waals surface area contributed by atoms with Gasteiger partial charge in [0.15, 0.2) is 0 Å². The highest BCUT2D eigenvalue weighted by Gasteiger charge is 2.34. The van der Waals surface area contributed by atoms with E-state index in [0.717, 1.165) is 41.6 Å². The van der Waals surface area contributed by atoms with Gasteiger partial charge in [0.2, 0.25) is 5.91 Å². The van der Waals surface area contributed by atoms with Gasteiger partial charge in [0, 0.05) is 18.2 Å². The highest BCUT2D eigenvalue weighted by atomic mass is 32.2. The first-order chi connectivity index (χ1) is 14.6. The van der Waals surface area contributed by atoms with Gasteiger partial charge in [-0.05, 0) is 64.0 Å². The van der Waals surface area contributed by atoms with Crippen molar-refractivity contribution in [2.24, 2.45) is 4.99 Å². The molecule has 30 heavy (non-hydrogen) atoms. The summed E-state index contributed by atoms with van der Waals surface area (Å²) in [4.78, 5) is 20.0. The van der Waals surface area contributed by atoms with Crippen LogP contribution in [0.4, 0.5) is 0 Å². The van der Waals surface area contributed by atoms with Crippen molar-refractivity contribution in [2.75, 3.05) is 20.1 Å². The molecular weight excluding hydrogens is 394 g/mol. The number of para-hydroxylation sites is 2. The van der Waals surface area contributed by atoms with Crippen LogP contribution in [0.15, 0.2) is 59.6 Å². The Kier molecular flexibility index (Phi) is 6.75. The predicted molar refractivity (Wildman–Crippen MR) is 124 cm³/mol. The maximum absolute atomic E-state index is 12.8. The molecule has 5 nitrogen and oxygen atoms in total. The second kappa shape index (κ2) is 9.67. The molecule has 2 aromatic carbocycles. The summed E-state index contributed by atoms with van der Waals surface area (Å²) in [5.41, 5.74) is 0.932. The molecule has 4 rings (SSSR count). The van der Waals surface area contributed by atoms with Gasteiger partial charge >= 0.3 is 0 Å². The molecule has 2 aliphatic rings. The van der Waals surface area contributed by atoms with E-state index in [1.54, 1.807) is 0 Å². The van der Waals surface area contributed by atoms with Gasteiger partial charge in [-0.2, -0.15) is 0 Å². The summed E-state index contributed by atoms with van der Waals surface area (Å²) in [6, 6.07) is 18.1. The third kappa shape index (κ3) is 4.87. The van der Waals surface area contributed by atoms with E-state index in [2.05, 4.69) is 17.3 Å². The van der Waals surface area contributed by atoms with Gasteiger partial charge in [-0.25, -0.2) is 0 Å². The number of nitrogens with one attached hydrogen (secondary N) is 1. The number of hydrogen-bond acceptors (Lipinski definition) is 5. The standard InChI is InChI=1S/C24H29N3O2S/c1-17-22(23(28)25-15-14-18-9-8-16-27(18)2)30-24(26-17)20-12-6-7-13-21(20)29-19-10-4-3-5-11-19/h3-7,10-13,17-18,22H,8-9,14-16H2,1-2H3,(H,25,28). The molecule has 6 heteroatoms. The SMILES string of the molecule is CC1N=C(c2ccccc2Oc2ccccc2)SC1C(=O)NCCC1CCCN1C. The molecule has 0 aliphatic carbocycles. The van der Waals surface area contributed by atoms with E-state index >= 15 is 0 Å². The molecule has 0 aromatic heterocycles. The Balaban J connectivity index is 1.38. The molecule has 2 aliphatic heterocycles. The molecule has 3 unspecified atom stereocenters. The fourth-order valence-corrected chi connectivity index (χ4v) is 5.27. The van der Waals surface area contributed by atoms with Crippen molar-refractivity contribution in [3.8, 4) is 11.5 Å². The third-order valence-corrected chi connectivity index (χ3v) is 7.20. The summed E-state index contributed by atoms with van der Waals surface area (Å²) in [7, 11) is 2.17. The monoisotopic (exact) mass is 423 g/mol. The Hall–Kier alpha value is -2.31. The first-order valence-corrected chi connectivity index (χ1v) is 11.5. The number of nitrogens with zero attached hydrogens (tertiary/aromatic N) is 2. The summed E-state index contributed by atoms with van der Waals surface area (Å²) in [6.45, 7) is 3.89. The topological polar surface area (TPSA) is 53.9 Å². The zero-order valence-electron chi connectivity index (χ0n) is 17.6. The van der Waals surface area contributed by atoms with Crippen molar-refractivity contribution in [1.29, 1.82) is 0 Å². The lowest BCUT2D eigenvalue weighted by Gasteiger charge is -2.20. The minimum Gasteiger partial charge on any atom is -0.457 e. The fourth-order valence-electron chi connectivity index (χ4n) is 4.06. The number of ether oxygens (including phenoxy) is 1. The van der Waals surface area contributed by atoms with Crippen LogP contribution in [0, 0.1) is 0 Å². The number of carbonyl (C=O) groups excluding carboxylic acids is 1. The molecule has 0 spiro atoms. The molecule has 0 bridgehead atoms. The number of benzene rings is 2. The van der Waals surface area contributed by atoms with E-state index in [-0.39, 0.29) is 17.2 Å². The number of hydrogen-bond donors (Lipinski definition) is 1.